The summed E-state index contributed by atoms with van der Waals surface area (Å²) in [5.74, 6) is 0.484. The van der Waals surface area contributed by atoms with Crippen molar-refractivity contribution in [3.05, 3.63) is 71.4 Å². The standard InChI is InChI=1S/C19H22FN5.HI/c1-14-4-3-11-25-13-17(24-18(14)25)9-10-22-19(21-2)23-12-15-5-7-16(20)8-6-15;/h3-8,11,13H,9-10,12H2,1-2H3,(H2,21,22,23);1H. The van der Waals surface area contributed by atoms with Gasteiger partial charge in [0.15, 0.2) is 5.96 Å². The Morgan fingerprint density at radius 2 is 1.96 bits per heavy atom. The summed E-state index contributed by atoms with van der Waals surface area (Å²) in [6.45, 7) is 3.38. The summed E-state index contributed by atoms with van der Waals surface area (Å²) < 4.78 is 15.0. The zero-order valence-corrected chi connectivity index (χ0v) is 17.2. The molecule has 0 bridgehead atoms. The maximum Gasteiger partial charge on any atom is 0.191 e. The Hall–Kier alpha value is -2.16. The number of nitrogens with one attached hydrogen (secondary N) is 2. The minimum absolute atomic E-state index is 0. The van der Waals surface area contributed by atoms with Crippen LogP contribution in [0.4, 0.5) is 4.39 Å². The number of aryl methyl sites for hydroxylation is 1. The van der Waals surface area contributed by atoms with Crippen LogP contribution in [-0.4, -0.2) is 28.9 Å². The van der Waals surface area contributed by atoms with Crippen molar-refractivity contribution < 1.29 is 4.39 Å². The van der Waals surface area contributed by atoms with Crippen molar-refractivity contribution >= 4 is 35.6 Å². The largest absolute Gasteiger partial charge is 0.356 e. The number of pyridine rings is 1. The maximum atomic E-state index is 12.9. The van der Waals surface area contributed by atoms with Gasteiger partial charge in [-0.15, -0.1) is 24.0 Å². The number of rotatable bonds is 5. The number of fused-ring (bicyclic) bond motifs is 1. The number of imidazole rings is 1. The Morgan fingerprint density at radius 1 is 1.19 bits per heavy atom. The molecule has 3 aromatic rings. The van der Waals surface area contributed by atoms with E-state index in [1.165, 1.54) is 17.7 Å². The summed E-state index contributed by atoms with van der Waals surface area (Å²) in [6.07, 6.45) is 4.87. The summed E-state index contributed by atoms with van der Waals surface area (Å²) >= 11 is 0. The van der Waals surface area contributed by atoms with Gasteiger partial charge in [0.2, 0.25) is 0 Å². The van der Waals surface area contributed by atoms with E-state index >= 15 is 0 Å². The van der Waals surface area contributed by atoms with Crippen LogP contribution in [0.3, 0.4) is 0 Å². The second-order valence-corrected chi connectivity index (χ2v) is 5.88. The Kier molecular flexibility index (Phi) is 7.38. The number of halogens is 2. The van der Waals surface area contributed by atoms with Crippen LogP contribution in [0.25, 0.3) is 5.65 Å². The third-order valence-electron chi connectivity index (χ3n) is 4.00. The maximum absolute atomic E-state index is 12.9. The molecule has 0 saturated carbocycles. The van der Waals surface area contributed by atoms with Crippen LogP contribution in [-0.2, 0) is 13.0 Å². The molecule has 2 heterocycles. The number of guanidine groups is 1. The molecular weight excluding hydrogens is 444 g/mol. The molecule has 2 aromatic heterocycles. The molecule has 0 atom stereocenters. The van der Waals surface area contributed by atoms with Crippen LogP contribution < -0.4 is 10.6 Å². The molecule has 0 aliphatic rings. The second kappa shape index (κ2) is 9.51. The number of aromatic nitrogens is 2. The third-order valence-corrected chi connectivity index (χ3v) is 4.00. The summed E-state index contributed by atoms with van der Waals surface area (Å²) in [5.41, 5.74) is 4.20. The van der Waals surface area contributed by atoms with Crippen molar-refractivity contribution in [3.8, 4) is 0 Å². The van der Waals surface area contributed by atoms with Gasteiger partial charge in [-0.2, -0.15) is 0 Å². The van der Waals surface area contributed by atoms with Crippen LogP contribution in [0.1, 0.15) is 16.8 Å². The van der Waals surface area contributed by atoms with E-state index in [2.05, 4.69) is 39.8 Å². The van der Waals surface area contributed by atoms with Gasteiger partial charge in [-0.1, -0.05) is 18.2 Å². The monoisotopic (exact) mass is 467 g/mol. The zero-order valence-electron chi connectivity index (χ0n) is 14.9. The number of aliphatic imine (C=N–C) groups is 1. The lowest BCUT2D eigenvalue weighted by atomic mass is 10.2. The first kappa shape index (κ1) is 20.2. The smallest absolute Gasteiger partial charge is 0.191 e. The van der Waals surface area contributed by atoms with Crippen molar-refractivity contribution in [2.24, 2.45) is 4.99 Å². The minimum atomic E-state index is -0.228. The molecule has 0 aliphatic carbocycles. The molecule has 0 amide bonds. The van der Waals surface area contributed by atoms with Gasteiger partial charge in [0, 0.05) is 39.0 Å². The van der Waals surface area contributed by atoms with Crippen LogP contribution >= 0.6 is 24.0 Å². The Labute approximate surface area is 169 Å². The van der Waals surface area contributed by atoms with E-state index in [-0.39, 0.29) is 29.8 Å². The van der Waals surface area contributed by atoms with Crippen molar-refractivity contribution in [1.82, 2.24) is 20.0 Å². The molecule has 0 unspecified atom stereocenters. The second-order valence-electron chi connectivity index (χ2n) is 5.88. The van der Waals surface area contributed by atoms with Crippen LogP contribution in [0, 0.1) is 12.7 Å². The fourth-order valence-electron chi connectivity index (χ4n) is 2.64. The van der Waals surface area contributed by atoms with Crippen molar-refractivity contribution in [2.45, 2.75) is 19.9 Å². The fourth-order valence-corrected chi connectivity index (χ4v) is 2.64. The Balaban J connectivity index is 0.00000243. The fraction of sp³-hybridized carbons (Fsp3) is 0.263. The summed E-state index contributed by atoms with van der Waals surface area (Å²) in [4.78, 5) is 8.87. The highest BCUT2D eigenvalue weighted by Gasteiger charge is 2.04. The first-order valence-corrected chi connectivity index (χ1v) is 8.28. The molecule has 138 valence electrons. The molecule has 0 radical (unpaired) electrons. The Morgan fingerprint density at radius 3 is 2.65 bits per heavy atom. The molecule has 1 aromatic carbocycles. The predicted octanol–water partition coefficient (Wildman–Crippen LogP) is 3.31. The average molecular weight is 467 g/mol. The van der Waals surface area contributed by atoms with E-state index in [4.69, 9.17) is 0 Å². The lowest BCUT2D eigenvalue weighted by molar-refractivity contribution is 0.626. The van der Waals surface area contributed by atoms with Gasteiger partial charge in [-0.25, -0.2) is 9.37 Å². The molecule has 0 saturated heterocycles. The summed E-state index contributed by atoms with van der Waals surface area (Å²) in [7, 11) is 1.73. The van der Waals surface area contributed by atoms with E-state index < -0.39 is 0 Å². The van der Waals surface area contributed by atoms with Gasteiger partial charge >= 0.3 is 0 Å². The molecule has 3 rings (SSSR count). The highest BCUT2D eigenvalue weighted by molar-refractivity contribution is 14.0. The van der Waals surface area contributed by atoms with Crippen molar-refractivity contribution in [1.29, 1.82) is 0 Å². The third kappa shape index (κ3) is 5.17. The molecule has 2 N–H and O–H groups in total. The predicted molar refractivity (Wildman–Crippen MR) is 114 cm³/mol. The number of benzene rings is 1. The van der Waals surface area contributed by atoms with Gasteiger partial charge in [0.25, 0.3) is 0 Å². The molecule has 5 nitrogen and oxygen atoms in total. The van der Waals surface area contributed by atoms with E-state index in [1.54, 1.807) is 19.2 Å². The van der Waals surface area contributed by atoms with Gasteiger partial charge < -0.3 is 15.0 Å². The zero-order chi connectivity index (χ0) is 17.6. The van der Waals surface area contributed by atoms with Crippen molar-refractivity contribution in [3.63, 3.8) is 0 Å². The topological polar surface area (TPSA) is 53.7 Å². The van der Waals surface area contributed by atoms with E-state index in [0.29, 0.717) is 12.5 Å². The number of hydrogen-bond acceptors (Lipinski definition) is 2. The average Bonchev–Trinajstić information content (AvgIpc) is 3.04. The highest BCUT2D eigenvalue weighted by Crippen LogP contribution is 2.10. The van der Waals surface area contributed by atoms with E-state index in [1.807, 2.05) is 16.7 Å². The SMILES string of the molecule is CN=C(NCCc1cn2cccc(C)c2n1)NCc1ccc(F)cc1.I. The Bertz CT molecular complexity index is 873. The van der Waals surface area contributed by atoms with Crippen LogP contribution in [0.5, 0.6) is 0 Å². The molecule has 26 heavy (non-hydrogen) atoms. The van der Waals surface area contributed by atoms with Crippen molar-refractivity contribution in [2.75, 3.05) is 13.6 Å². The van der Waals surface area contributed by atoms with Gasteiger partial charge in [0.05, 0.1) is 5.69 Å². The van der Waals surface area contributed by atoms with Gasteiger partial charge in [0.1, 0.15) is 11.5 Å². The lowest BCUT2D eigenvalue weighted by Gasteiger charge is -2.11. The first-order valence-electron chi connectivity index (χ1n) is 8.28. The highest BCUT2D eigenvalue weighted by atomic mass is 127. The normalized spacial score (nSPS) is 11.3. The first-order chi connectivity index (χ1) is 12.2. The van der Waals surface area contributed by atoms with Gasteiger partial charge in [-0.3, -0.25) is 4.99 Å². The number of nitrogens with zero attached hydrogens (tertiary/aromatic N) is 3. The lowest BCUT2D eigenvalue weighted by Crippen LogP contribution is -2.37. The summed E-state index contributed by atoms with van der Waals surface area (Å²) in [6, 6.07) is 10.5. The molecule has 0 spiro atoms. The van der Waals surface area contributed by atoms with E-state index in [9.17, 15) is 4.39 Å². The quantitative estimate of drug-likeness (QED) is 0.344. The minimum Gasteiger partial charge on any atom is -0.356 e. The molecule has 0 aliphatic heterocycles. The van der Waals surface area contributed by atoms with Crippen LogP contribution in [0.2, 0.25) is 0 Å². The molecular formula is C19H23FIN5. The van der Waals surface area contributed by atoms with Crippen LogP contribution in [0.15, 0.2) is 53.8 Å². The van der Waals surface area contributed by atoms with Gasteiger partial charge in [-0.05, 0) is 36.2 Å². The summed E-state index contributed by atoms with van der Waals surface area (Å²) in [5, 5.41) is 6.49. The molecule has 7 heteroatoms. The van der Waals surface area contributed by atoms with E-state index in [0.717, 1.165) is 29.9 Å². The molecule has 0 fully saturated rings. The number of hydrogen-bond donors (Lipinski definition) is 2.